The molecule has 4 nitrogen and oxygen atoms in total. The first-order chi connectivity index (χ1) is 9.20. The summed E-state index contributed by atoms with van der Waals surface area (Å²) >= 11 is 5.50. The molecule has 1 aromatic heterocycles. The van der Waals surface area contributed by atoms with Crippen LogP contribution in [0.3, 0.4) is 0 Å². The molecule has 5 heteroatoms. The lowest BCUT2D eigenvalue weighted by Crippen LogP contribution is -2.15. The van der Waals surface area contributed by atoms with Gasteiger partial charge in [0.15, 0.2) is 5.76 Å². The molecule has 1 N–H and O–H groups in total. The zero-order valence-corrected chi connectivity index (χ0v) is 10.9. The minimum absolute atomic E-state index is 0.0345. The maximum absolute atomic E-state index is 12.2. The van der Waals surface area contributed by atoms with Crippen molar-refractivity contribution in [3.8, 4) is 0 Å². The number of carbonyl (C=O) groups is 2. The Labute approximate surface area is 114 Å². The van der Waals surface area contributed by atoms with Crippen LogP contribution in [-0.2, 0) is 4.79 Å². The molecule has 0 spiro atoms. The van der Waals surface area contributed by atoms with Gasteiger partial charge in [0.05, 0.1) is 5.69 Å². The lowest BCUT2D eigenvalue weighted by Gasteiger charge is -2.03. The second-order valence-electron chi connectivity index (χ2n) is 4.62. The summed E-state index contributed by atoms with van der Waals surface area (Å²) in [5.41, 5.74) is 1.04. The second kappa shape index (κ2) is 4.70. The highest BCUT2D eigenvalue weighted by Crippen LogP contribution is 2.38. The highest BCUT2D eigenvalue weighted by molar-refractivity contribution is 6.29. The van der Waals surface area contributed by atoms with Gasteiger partial charge in [-0.1, -0.05) is 12.1 Å². The number of rotatable bonds is 4. The van der Waals surface area contributed by atoms with Gasteiger partial charge in [0.1, 0.15) is 11.5 Å². The third-order valence-electron chi connectivity index (χ3n) is 3.15. The fourth-order valence-electron chi connectivity index (χ4n) is 2.05. The van der Waals surface area contributed by atoms with Crippen molar-refractivity contribution in [1.29, 1.82) is 0 Å². The molecule has 19 heavy (non-hydrogen) atoms. The number of nitrogens with one attached hydrogen (secondary N) is 1. The molecule has 1 aliphatic rings. The molecule has 1 saturated carbocycles. The van der Waals surface area contributed by atoms with Crippen molar-refractivity contribution in [3.63, 3.8) is 0 Å². The molecule has 3 rings (SSSR count). The molecule has 0 radical (unpaired) electrons. The Bertz CT molecular complexity index is 658. The Morgan fingerprint density at radius 1 is 1.32 bits per heavy atom. The molecule has 98 valence electrons. The molecule has 0 aliphatic heterocycles. The highest BCUT2D eigenvalue weighted by atomic mass is 35.5. The van der Waals surface area contributed by atoms with E-state index in [4.69, 9.17) is 16.0 Å². The van der Waals surface area contributed by atoms with Crippen molar-refractivity contribution in [3.05, 3.63) is 30.0 Å². The molecule has 1 fully saturated rings. The molecule has 0 unspecified atom stereocenters. The Morgan fingerprint density at radius 3 is 2.74 bits per heavy atom. The van der Waals surface area contributed by atoms with E-state index in [0.717, 1.165) is 18.2 Å². The smallest absolute Gasteiger partial charge is 0.239 e. The summed E-state index contributed by atoms with van der Waals surface area (Å²) in [6.45, 7) is 0. The van der Waals surface area contributed by atoms with E-state index in [1.165, 1.54) is 0 Å². The minimum Gasteiger partial charge on any atom is -0.451 e. The van der Waals surface area contributed by atoms with Gasteiger partial charge in [0.2, 0.25) is 11.7 Å². The highest BCUT2D eigenvalue weighted by Gasteiger charge is 2.35. The van der Waals surface area contributed by atoms with Crippen molar-refractivity contribution in [2.45, 2.75) is 12.8 Å². The number of amides is 1. The first-order valence-corrected chi connectivity index (χ1v) is 6.65. The van der Waals surface area contributed by atoms with Crippen molar-refractivity contribution in [2.75, 3.05) is 11.2 Å². The molecule has 0 atom stereocenters. The van der Waals surface area contributed by atoms with Gasteiger partial charge in [-0.2, -0.15) is 0 Å². The van der Waals surface area contributed by atoms with Gasteiger partial charge in [0.25, 0.3) is 0 Å². The summed E-state index contributed by atoms with van der Waals surface area (Å²) in [5.74, 6) is -0.273. The third-order valence-corrected chi connectivity index (χ3v) is 3.40. The summed E-state index contributed by atoms with van der Waals surface area (Å²) in [7, 11) is 0. The Hall–Kier alpha value is -1.81. The van der Waals surface area contributed by atoms with Crippen LogP contribution in [0.4, 0.5) is 5.69 Å². The minimum atomic E-state index is -0.349. The van der Waals surface area contributed by atoms with Crippen molar-refractivity contribution in [2.24, 2.45) is 5.92 Å². The van der Waals surface area contributed by atoms with Crippen LogP contribution in [0.5, 0.6) is 0 Å². The Morgan fingerprint density at radius 2 is 2.05 bits per heavy atom. The van der Waals surface area contributed by atoms with Crippen molar-refractivity contribution >= 4 is 39.9 Å². The molecular formula is C14H12ClNO3. The number of carbonyl (C=O) groups excluding carboxylic acids is 2. The van der Waals surface area contributed by atoms with Crippen molar-refractivity contribution < 1.29 is 14.0 Å². The van der Waals surface area contributed by atoms with Crippen LogP contribution < -0.4 is 5.32 Å². The van der Waals surface area contributed by atoms with E-state index in [9.17, 15) is 9.59 Å². The van der Waals surface area contributed by atoms with Crippen LogP contribution in [0.2, 0.25) is 0 Å². The number of furan rings is 1. The number of hydrogen-bond donors (Lipinski definition) is 1. The van der Waals surface area contributed by atoms with Gasteiger partial charge in [-0.05, 0) is 25.0 Å². The van der Waals surface area contributed by atoms with Crippen LogP contribution in [0.1, 0.15) is 23.4 Å². The molecule has 2 aromatic rings. The van der Waals surface area contributed by atoms with Crippen LogP contribution in [0, 0.1) is 5.92 Å². The largest absolute Gasteiger partial charge is 0.451 e. The standard InChI is InChI=1S/C14H12ClNO3/c15-7-11(17)16-12-9-3-1-2-4-10(9)19-14(12)13(18)8-5-6-8/h1-4,8H,5-7H2,(H,16,17). The number of ketones is 1. The molecule has 0 saturated heterocycles. The number of para-hydroxylation sites is 1. The monoisotopic (exact) mass is 277 g/mol. The Balaban J connectivity index is 2.10. The summed E-state index contributed by atoms with van der Waals surface area (Å²) in [4.78, 5) is 23.7. The molecule has 1 aromatic carbocycles. The first-order valence-electron chi connectivity index (χ1n) is 6.12. The maximum Gasteiger partial charge on any atom is 0.239 e. The number of halogens is 1. The summed E-state index contributed by atoms with van der Waals surface area (Å²) < 4.78 is 5.60. The van der Waals surface area contributed by atoms with E-state index in [-0.39, 0.29) is 29.2 Å². The van der Waals surface area contributed by atoms with Gasteiger partial charge in [0, 0.05) is 11.3 Å². The average molecular weight is 278 g/mol. The van der Waals surface area contributed by atoms with E-state index in [1.807, 2.05) is 18.2 Å². The predicted molar refractivity (Wildman–Crippen MR) is 72.6 cm³/mol. The van der Waals surface area contributed by atoms with E-state index in [2.05, 4.69) is 5.32 Å². The summed E-state index contributed by atoms with van der Waals surface area (Å²) in [6.07, 6.45) is 1.78. The van der Waals surface area contributed by atoms with Crippen LogP contribution in [-0.4, -0.2) is 17.6 Å². The zero-order valence-electron chi connectivity index (χ0n) is 10.1. The first kappa shape index (κ1) is 12.2. The molecule has 0 bridgehead atoms. The predicted octanol–water partition coefficient (Wildman–Crippen LogP) is 3.20. The number of anilines is 1. The number of benzene rings is 1. The Kier molecular flexibility index (Phi) is 3.03. The number of fused-ring (bicyclic) bond motifs is 1. The van der Waals surface area contributed by atoms with Gasteiger partial charge >= 0.3 is 0 Å². The van der Waals surface area contributed by atoms with Crippen LogP contribution in [0.25, 0.3) is 11.0 Å². The van der Waals surface area contributed by atoms with Gasteiger partial charge in [-0.25, -0.2) is 0 Å². The van der Waals surface area contributed by atoms with Gasteiger partial charge in [-0.3, -0.25) is 9.59 Å². The molecular weight excluding hydrogens is 266 g/mol. The zero-order chi connectivity index (χ0) is 13.4. The van der Waals surface area contributed by atoms with Gasteiger partial charge in [-0.15, -0.1) is 11.6 Å². The lowest BCUT2D eigenvalue weighted by atomic mass is 10.1. The topological polar surface area (TPSA) is 59.3 Å². The number of hydrogen-bond acceptors (Lipinski definition) is 3. The number of Topliss-reactive ketones (excluding diaryl/α,β-unsaturated/α-hetero) is 1. The SMILES string of the molecule is O=C(CCl)Nc1c(C(=O)C2CC2)oc2ccccc12. The molecule has 1 heterocycles. The summed E-state index contributed by atoms with van der Waals surface area (Å²) in [5, 5.41) is 3.39. The third kappa shape index (κ3) is 2.24. The second-order valence-corrected chi connectivity index (χ2v) is 4.89. The fraction of sp³-hybridized carbons (Fsp3) is 0.286. The van der Waals surface area contributed by atoms with E-state index < -0.39 is 0 Å². The average Bonchev–Trinajstić information content (AvgIpc) is 3.22. The fourth-order valence-corrected chi connectivity index (χ4v) is 2.11. The maximum atomic E-state index is 12.2. The van der Waals surface area contributed by atoms with E-state index in [1.54, 1.807) is 6.07 Å². The summed E-state index contributed by atoms with van der Waals surface area (Å²) in [6, 6.07) is 7.24. The normalized spacial score (nSPS) is 14.6. The van der Waals surface area contributed by atoms with Crippen molar-refractivity contribution in [1.82, 2.24) is 0 Å². The lowest BCUT2D eigenvalue weighted by molar-refractivity contribution is -0.113. The van der Waals surface area contributed by atoms with E-state index in [0.29, 0.717) is 11.3 Å². The van der Waals surface area contributed by atoms with E-state index >= 15 is 0 Å². The quantitative estimate of drug-likeness (QED) is 0.689. The van der Waals surface area contributed by atoms with Crippen LogP contribution in [0.15, 0.2) is 28.7 Å². The molecule has 1 aliphatic carbocycles. The van der Waals surface area contributed by atoms with Gasteiger partial charge < -0.3 is 9.73 Å². The molecule has 1 amide bonds. The van der Waals surface area contributed by atoms with Crippen LogP contribution >= 0.6 is 11.6 Å². The number of alkyl halides is 1.